The highest BCUT2D eigenvalue weighted by Crippen LogP contribution is 2.34. The molecule has 0 N–H and O–H groups in total. The molecule has 4 rings (SSSR count). The SMILES string of the molecule is Cc1cc(C(=O)N2c3ccccc3N(C)CCC2C)nn1-c1ccccc1. The molecule has 5 heteroatoms. The van der Waals surface area contributed by atoms with Gasteiger partial charge in [-0.3, -0.25) is 4.79 Å². The Labute approximate surface area is 159 Å². The molecule has 0 bridgehead atoms. The number of carbonyl (C=O) groups excluding carboxylic acids is 1. The second kappa shape index (κ2) is 6.91. The van der Waals surface area contributed by atoms with Crippen molar-refractivity contribution >= 4 is 17.3 Å². The van der Waals surface area contributed by atoms with Crippen LogP contribution < -0.4 is 9.80 Å². The normalized spacial score (nSPS) is 16.8. The van der Waals surface area contributed by atoms with Crippen molar-refractivity contribution in [1.82, 2.24) is 9.78 Å². The summed E-state index contributed by atoms with van der Waals surface area (Å²) in [6, 6.07) is 20.0. The van der Waals surface area contributed by atoms with Crippen LogP contribution in [0.15, 0.2) is 60.7 Å². The van der Waals surface area contributed by atoms with Crippen molar-refractivity contribution in [2.75, 3.05) is 23.4 Å². The summed E-state index contributed by atoms with van der Waals surface area (Å²) in [4.78, 5) is 17.6. The summed E-state index contributed by atoms with van der Waals surface area (Å²) in [6.07, 6.45) is 0.912. The van der Waals surface area contributed by atoms with Crippen LogP contribution in [0.4, 0.5) is 11.4 Å². The van der Waals surface area contributed by atoms with E-state index in [1.165, 1.54) is 0 Å². The van der Waals surface area contributed by atoms with E-state index in [-0.39, 0.29) is 11.9 Å². The van der Waals surface area contributed by atoms with E-state index < -0.39 is 0 Å². The maximum Gasteiger partial charge on any atom is 0.279 e. The van der Waals surface area contributed by atoms with Crippen LogP contribution in [0.1, 0.15) is 29.5 Å². The molecule has 1 aliphatic rings. The van der Waals surface area contributed by atoms with Crippen LogP contribution in [0.2, 0.25) is 0 Å². The fraction of sp³-hybridized carbons (Fsp3) is 0.273. The van der Waals surface area contributed by atoms with Crippen molar-refractivity contribution in [3.8, 4) is 5.69 Å². The Bertz CT molecular complexity index is 963. The van der Waals surface area contributed by atoms with Crippen molar-refractivity contribution in [1.29, 1.82) is 0 Å². The van der Waals surface area contributed by atoms with Crippen LogP contribution in [0.3, 0.4) is 0 Å². The van der Waals surface area contributed by atoms with E-state index in [0.29, 0.717) is 5.69 Å². The zero-order chi connectivity index (χ0) is 19.0. The van der Waals surface area contributed by atoms with Crippen molar-refractivity contribution in [2.24, 2.45) is 0 Å². The van der Waals surface area contributed by atoms with Crippen LogP contribution in [0.5, 0.6) is 0 Å². The summed E-state index contributed by atoms with van der Waals surface area (Å²) in [5.41, 5.74) is 4.40. The van der Waals surface area contributed by atoms with Gasteiger partial charge < -0.3 is 9.80 Å². The molecule has 0 aliphatic carbocycles. The van der Waals surface area contributed by atoms with E-state index >= 15 is 0 Å². The fourth-order valence-corrected chi connectivity index (χ4v) is 3.70. The van der Waals surface area contributed by atoms with Gasteiger partial charge in [0.15, 0.2) is 5.69 Å². The number of anilines is 2. The summed E-state index contributed by atoms with van der Waals surface area (Å²) in [5.74, 6) is -0.0527. The highest BCUT2D eigenvalue weighted by molar-refractivity contribution is 6.07. The molecule has 0 saturated carbocycles. The lowest BCUT2D eigenvalue weighted by Crippen LogP contribution is -2.38. The third-order valence-corrected chi connectivity index (χ3v) is 5.20. The molecule has 1 aromatic heterocycles. The standard InChI is InChI=1S/C22H24N4O/c1-16-13-14-24(3)20-11-7-8-12-21(20)25(16)22(27)19-15-17(2)26(23-19)18-9-5-4-6-10-18/h4-12,15-16H,13-14H2,1-3H3. The third-order valence-electron chi connectivity index (χ3n) is 5.20. The first kappa shape index (κ1) is 17.3. The number of carbonyl (C=O) groups is 1. The van der Waals surface area contributed by atoms with Gasteiger partial charge in [0.25, 0.3) is 5.91 Å². The number of aromatic nitrogens is 2. The first-order valence-electron chi connectivity index (χ1n) is 9.32. The lowest BCUT2D eigenvalue weighted by Gasteiger charge is -2.27. The number of aryl methyl sites for hydroxylation is 1. The van der Waals surface area contributed by atoms with Gasteiger partial charge >= 0.3 is 0 Å². The molecule has 1 aliphatic heterocycles. The largest absolute Gasteiger partial charge is 0.373 e. The van der Waals surface area contributed by atoms with Crippen LogP contribution in [-0.2, 0) is 0 Å². The molecular formula is C22H24N4O. The molecule has 1 unspecified atom stereocenters. The molecule has 27 heavy (non-hydrogen) atoms. The molecule has 138 valence electrons. The fourth-order valence-electron chi connectivity index (χ4n) is 3.70. The Morgan fingerprint density at radius 1 is 1.04 bits per heavy atom. The molecule has 0 spiro atoms. The number of rotatable bonds is 2. The van der Waals surface area contributed by atoms with E-state index in [1.807, 2.05) is 71.1 Å². The second-order valence-electron chi connectivity index (χ2n) is 7.14. The smallest absolute Gasteiger partial charge is 0.279 e. The van der Waals surface area contributed by atoms with Gasteiger partial charge in [-0.2, -0.15) is 5.10 Å². The molecule has 2 aromatic carbocycles. The Balaban J connectivity index is 1.75. The van der Waals surface area contributed by atoms with Gasteiger partial charge in [0.1, 0.15) is 0 Å². The first-order valence-corrected chi connectivity index (χ1v) is 9.32. The highest BCUT2D eigenvalue weighted by Gasteiger charge is 2.30. The number of para-hydroxylation sites is 3. The highest BCUT2D eigenvalue weighted by atomic mass is 16.2. The number of hydrogen-bond donors (Lipinski definition) is 0. The minimum absolute atomic E-state index is 0.0527. The van der Waals surface area contributed by atoms with E-state index in [9.17, 15) is 4.79 Å². The predicted molar refractivity (Wildman–Crippen MR) is 109 cm³/mol. The van der Waals surface area contributed by atoms with Gasteiger partial charge in [0.05, 0.1) is 17.1 Å². The van der Waals surface area contributed by atoms with Crippen molar-refractivity contribution in [3.63, 3.8) is 0 Å². The zero-order valence-corrected chi connectivity index (χ0v) is 16.0. The van der Waals surface area contributed by atoms with E-state index in [4.69, 9.17) is 0 Å². The topological polar surface area (TPSA) is 41.4 Å². The van der Waals surface area contributed by atoms with Gasteiger partial charge in [0.2, 0.25) is 0 Å². The maximum absolute atomic E-state index is 13.5. The number of nitrogens with zero attached hydrogens (tertiary/aromatic N) is 4. The minimum Gasteiger partial charge on any atom is -0.373 e. The van der Waals surface area contributed by atoms with Crippen LogP contribution >= 0.6 is 0 Å². The molecule has 0 fully saturated rings. The molecule has 3 aromatic rings. The molecule has 0 saturated heterocycles. The monoisotopic (exact) mass is 360 g/mol. The van der Waals surface area contributed by atoms with Gasteiger partial charge in [-0.1, -0.05) is 30.3 Å². The van der Waals surface area contributed by atoms with Gasteiger partial charge in [-0.25, -0.2) is 4.68 Å². The average Bonchev–Trinajstić information content (AvgIpc) is 3.03. The molecule has 5 nitrogen and oxygen atoms in total. The Morgan fingerprint density at radius 3 is 2.44 bits per heavy atom. The van der Waals surface area contributed by atoms with Crippen LogP contribution in [-0.4, -0.2) is 35.3 Å². The summed E-state index contributed by atoms with van der Waals surface area (Å²) in [5, 5.41) is 4.62. The Hall–Kier alpha value is -3.08. The molecule has 0 radical (unpaired) electrons. The van der Waals surface area contributed by atoms with E-state index in [2.05, 4.69) is 30.0 Å². The predicted octanol–water partition coefficient (Wildman–Crippen LogP) is 4.06. The lowest BCUT2D eigenvalue weighted by atomic mass is 10.1. The molecular weight excluding hydrogens is 336 g/mol. The average molecular weight is 360 g/mol. The summed E-state index contributed by atoms with van der Waals surface area (Å²) in [7, 11) is 2.08. The summed E-state index contributed by atoms with van der Waals surface area (Å²) < 4.78 is 1.83. The molecule has 1 amide bonds. The first-order chi connectivity index (χ1) is 13.1. The van der Waals surface area contributed by atoms with Gasteiger partial charge in [0, 0.05) is 25.3 Å². The summed E-state index contributed by atoms with van der Waals surface area (Å²) >= 11 is 0. The summed E-state index contributed by atoms with van der Waals surface area (Å²) in [6.45, 7) is 5.00. The Morgan fingerprint density at radius 2 is 1.70 bits per heavy atom. The number of fused-ring (bicyclic) bond motifs is 1. The van der Waals surface area contributed by atoms with Gasteiger partial charge in [-0.05, 0) is 50.6 Å². The third kappa shape index (κ3) is 3.10. The number of benzene rings is 2. The van der Waals surface area contributed by atoms with E-state index in [0.717, 1.165) is 35.7 Å². The van der Waals surface area contributed by atoms with Crippen molar-refractivity contribution in [3.05, 3.63) is 72.1 Å². The number of amides is 1. The lowest BCUT2D eigenvalue weighted by molar-refractivity contribution is 0.0973. The van der Waals surface area contributed by atoms with Crippen LogP contribution in [0, 0.1) is 6.92 Å². The quantitative estimate of drug-likeness (QED) is 0.692. The van der Waals surface area contributed by atoms with Gasteiger partial charge in [-0.15, -0.1) is 0 Å². The zero-order valence-electron chi connectivity index (χ0n) is 16.0. The molecule has 1 atom stereocenters. The van der Waals surface area contributed by atoms with Crippen LogP contribution in [0.25, 0.3) is 5.69 Å². The minimum atomic E-state index is -0.0527. The second-order valence-corrected chi connectivity index (χ2v) is 7.14. The Kier molecular flexibility index (Phi) is 4.44. The van der Waals surface area contributed by atoms with Crippen molar-refractivity contribution in [2.45, 2.75) is 26.3 Å². The van der Waals surface area contributed by atoms with Crippen molar-refractivity contribution < 1.29 is 4.79 Å². The maximum atomic E-state index is 13.5. The number of hydrogen-bond acceptors (Lipinski definition) is 3. The van der Waals surface area contributed by atoms with E-state index in [1.54, 1.807) is 0 Å². The molecule has 2 heterocycles.